The van der Waals surface area contributed by atoms with E-state index in [1.807, 2.05) is 90.9 Å². The van der Waals surface area contributed by atoms with E-state index in [-0.39, 0.29) is 11.7 Å². The fourth-order valence-electron chi connectivity index (χ4n) is 3.48. The van der Waals surface area contributed by atoms with Crippen LogP contribution in [0.5, 0.6) is 5.75 Å². The summed E-state index contributed by atoms with van der Waals surface area (Å²) in [5.74, 6) is 1.79. The van der Waals surface area contributed by atoms with Gasteiger partial charge in [0.25, 0.3) is 0 Å². The van der Waals surface area contributed by atoms with Gasteiger partial charge in [0.05, 0.1) is 0 Å². The second-order valence-electron chi connectivity index (χ2n) is 8.56. The third-order valence-corrected chi connectivity index (χ3v) is 6.44. The lowest BCUT2D eigenvalue weighted by atomic mass is 9.93. The number of carbonyl (C=O) groups is 1. The zero-order valence-corrected chi connectivity index (χ0v) is 24.7. The molecule has 198 valence electrons. The third-order valence-electron chi connectivity index (χ3n) is 5.40. The highest BCUT2D eigenvalue weighted by molar-refractivity contribution is 7.98. The molecular formula is C34H44O2S. The van der Waals surface area contributed by atoms with E-state index in [4.69, 9.17) is 4.74 Å². The minimum Gasteiger partial charge on any atom is -0.489 e. The molecule has 0 aliphatic heterocycles. The van der Waals surface area contributed by atoms with E-state index in [0.29, 0.717) is 6.61 Å². The minimum atomic E-state index is -0.0119. The molecule has 0 atom stereocenters. The van der Waals surface area contributed by atoms with Gasteiger partial charge in [-0.1, -0.05) is 109 Å². The van der Waals surface area contributed by atoms with Crippen molar-refractivity contribution in [2.24, 2.45) is 5.92 Å². The van der Waals surface area contributed by atoms with Crippen LogP contribution in [0.1, 0.15) is 70.0 Å². The normalized spacial score (nSPS) is 11.3. The Bertz CT molecular complexity index is 1250. The first-order valence-corrected chi connectivity index (χ1v) is 14.2. The number of hydrogen-bond donors (Lipinski definition) is 0. The van der Waals surface area contributed by atoms with Gasteiger partial charge >= 0.3 is 0 Å². The second-order valence-corrected chi connectivity index (χ2v) is 9.61. The fourth-order valence-corrected chi connectivity index (χ4v) is 4.42. The average Bonchev–Trinajstić information content (AvgIpc) is 2.92. The molecule has 0 bridgehead atoms. The molecule has 3 aromatic rings. The van der Waals surface area contributed by atoms with Gasteiger partial charge < -0.3 is 4.74 Å². The number of benzene rings is 3. The minimum absolute atomic E-state index is 0.0119. The van der Waals surface area contributed by atoms with Gasteiger partial charge in [0.15, 0.2) is 5.78 Å². The number of ether oxygens (including phenoxy) is 1. The van der Waals surface area contributed by atoms with Gasteiger partial charge in [-0.3, -0.25) is 4.79 Å². The number of thioether (sulfide) groups is 1. The highest BCUT2D eigenvalue weighted by Gasteiger charge is 2.17. The first kappa shape index (κ1) is 32.0. The molecule has 3 rings (SSSR count). The zero-order chi connectivity index (χ0) is 27.8. The van der Waals surface area contributed by atoms with E-state index in [9.17, 15) is 4.79 Å². The predicted molar refractivity (Wildman–Crippen MR) is 164 cm³/mol. The number of aryl methyl sites for hydroxylation is 1. The topological polar surface area (TPSA) is 26.3 Å². The summed E-state index contributed by atoms with van der Waals surface area (Å²) in [6.45, 7) is 20.6. The van der Waals surface area contributed by atoms with Gasteiger partial charge in [0, 0.05) is 22.1 Å². The lowest BCUT2D eigenvalue weighted by molar-refractivity contribution is 0.0938. The van der Waals surface area contributed by atoms with Gasteiger partial charge in [0.2, 0.25) is 0 Å². The van der Waals surface area contributed by atoms with Crippen molar-refractivity contribution in [3.05, 3.63) is 106 Å². The van der Waals surface area contributed by atoms with Crippen molar-refractivity contribution in [2.75, 3.05) is 6.61 Å². The van der Waals surface area contributed by atoms with Crippen LogP contribution >= 0.6 is 11.8 Å². The molecule has 0 aromatic heterocycles. The number of carbonyl (C=O) groups excluding carboxylic acids is 1. The maximum absolute atomic E-state index is 12.7. The van der Waals surface area contributed by atoms with E-state index in [2.05, 4.69) is 49.9 Å². The molecule has 0 spiro atoms. The molecule has 0 aliphatic rings. The molecule has 0 amide bonds. The summed E-state index contributed by atoms with van der Waals surface area (Å²) in [4.78, 5) is 13.8. The van der Waals surface area contributed by atoms with Gasteiger partial charge in [-0.15, -0.1) is 11.8 Å². The van der Waals surface area contributed by atoms with Crippen LogP contribution in [0.2, 0.25) is 0 Å². The van der Waals surface area contributed by atoms with Crippen molar-refractivity contribution in [2.45, 2.75) is 66.0 Å². The molecule has 0 aliphatic carbocycles. The monoisotopic (exact) mass is 516 g/mol. The van der Waals surface area contributed by atoms with Crippen LogP contribution in [0.3, 0.4) is 0 Å². The van der Waals surface area contributed by atoms with Crippen molar-refractivity contribution < 1.29 is 9.53 Å². The first-order chi connectivity index (χ1) is 17.8. The van der Waals surface area contributed by atoms with Crippen LogP contribution < -0.4 is 15.2 Å². The Hall–Kier alpha value is -3.04. The number of ketones is 1. The Morgan fingerprint density at radius 2 is 1.65 bits per heavy atom. The summed E-state index contributed by atoms with van der Waals surface area (Å²) in [5.41, 5.74) is 4.13. The molecule has 2 nitrogen and oxygen atoms in total. The Morgan fingerprint density at radius 1 is 0.973 bits per heavy atom. The Labute approximate surface area is 229 Å². The van der Waals surface area contributed by atoms with Crippen molar-refractivity contribution in [1.29, 1.82) is 0 Å². The SMILES string of the molecule is C=c1cccc/c1=C/C=C(\C)COc1cccc(SCc2cccc(C)c2C(=O)C(C)C)c1.CC.CC. The van der Waals surface area contributed by atoms with Crippen molar-refractivity contribution >= 4 is 30.2 Å². The van der Waals surface area contributed by atoms with E-state index < -0.39 is 0 Å². The van der Waals surface area contributed by atoms with Crippen molar-refractivity contribution in [3.8, 4) is 5.75 Å². The Morgan fingerprint density at radius 3 is 2.32 bits per heavy atom. The molecule has 3 aromatic carbocycles. The number of rotatable bonds is 9. The Kier molecular flexibility index (Phi) is 15.1. The smallest absolute Gasteiger partial charge is 0.165 e. The number of allylic oxidation sites excluding steroid dienone is 1. The summed E-state index contributed by atoms with van der Waals surface area (Å²) < 4.78 is 6.02. The maximum atomic E-state index is 12.7. The number of Topliss-reactive ketones (excluding diaryl/α,β-unsaturated/α-hetero) is 1. The average molecular weight is 517 g/mol. The Balaban J connectivity index is 0.00000163. The van der Waals surface area contributed by atoms with Gasteiger partial charge in [-0.05, 0) is 59.2 Å². The van der Waals surface area contributed by atoms with E-state index in [1.54, 1.807) is 11.8 Å². The first-order valence-electron chi connectivity index (χ1n) is 13.2. The standard InChI is InChI=1S/C30H32O2S.2C2H6/c1-21(2)30(31)29-24(5)11-8-13-26(29)20-33-28-15-9-14-27(18-28)32-19-22(3)16-17-25-12-7-6-10-23(25)4;2*1-2/h6-18,21H,4,19-20H2,1-3,5H3;2*1-2H3/b22-16+,25-17-;;. The third kappa shape index (κ3) is 10.5. The molecule has 0 fully saturated rings. The van der Waals surface area contributed by atoms with Gasteiger partial charge in [0.1, 0.15) is 12.4 Å². The van der Waals surface area contributed by atoms with Crippen LogP contribution in [-0.4, -0.2) is 12.4 Å². The van der Waals surface area contributed by atoms with Crippen LogP contribution in [-0.2, 0) is 5.75 Å². The number of hydrogen-bond acceptors (Lipinski definition) is 3. The van der Waals surface area contributed by atoms with Crippen molar-refractivity contribution in [3.63, 3.8) is 0 Å². The largest absolute Gasteiger partial charge is 0.489 e. The van der Waals surface area contributed by atoms with E-state index >= 15 is 0 Å². The summed E-state index contributed by atoms with van der Waals surface area (Å²) in [5, 5.41) is 2.13. The quantitative estimate of drug-likeness (QED) is 0.211. The predicted octanol–water partition coefficient (Wildman–Crippen LogP) is 8.39. The van der Waals surface area contributed by atoms with Crippen LogP contribution in [0.15, 0.2) is 83.3 Å². The van der Waals surface area contributed by atoms with Crippen LogP contribution in [0.4, 0.5) is 0 Å². The lowest BCUT2D eigenvalue weighted by Gasteiger charge is -2.14. The molecule has 0 unspecified atom stereocenters. The van der Waals surface area contributed by atoms with Crippen LogP contribution in [0, 0.1) is 12.8 Å². The molecule has 0 N–H and O–H groups in total. The molecule has 0 heterocycles. The molecule has 37 heavy (non-hydrogen) atoms. The fraction of sp³-hybridized carbons (Fsp3) is 0.324. The summed E-state index contributed by atoms with van der Waals surface area (Å²) in [6, 6.07) is 22.3. The van der Waals surface area contributed by atoms with E-state index in [1.165, 1.54) is 0 Å². The van der Waals surface area contributed by atoms with Crippen molar-refractivity contribution in [1.82, 2.24) is 0 Å². The highest BCUT2D eigenvalue weighted by Crippen LogP contribution is 2.29. The lowest BCUT2D eigenvalue weighted by Crippen LogP contribution is -2.21. The molecular weight excluding hydrogens is 472 g/mol. The summed E-state index contributed by atoms with van der Waals surface area (Å²) in [7, 11) is 0. The second kappa shape index (κ2) is 17.4. The van der Waals surface area contributed by atoms with E-state index in [0.717, 1.165) is 49.1 Å². The van der Waals surface area contributed by atoms with Crippen LogP contribution in [0.25, 0.3) is 12.7 Å². The zero-order valence-electron chi connectivity index (χ0n) is 23.9. The summed E-state index contributed by atoms with van der Waals surface area (Å²) >= 11 is 1.72. The highest BCUT2D eigenvalue weighted by atomic mass is 32.2. The summed E-state index contributed by atoms with van der Waals surface area (Å²) in [6.07, 6.45) is 4.15. The molecule has 3 heteroatoms. The van der Waals surface area contributed by atoms with Gasteiger partial charge in [-0.25, -0.2) is 0 Å². The maximum Gasteiger partial charge on any atom is 0.165 e. The molecule has 0 radical (unpaired) electrons. The van der Waals surface area contributed by atoms with Gasteiger partial charge in [-0.2, -0.15) is 0 Å². The molecule has 0 saturated heterocycles. The molecule has 0 saturated carbocycles.